The Morgan fingerprint density at radius 1 is 1.25 bits per heavy atom. The number of aliphatic carboxylic acids is 1. The third kappa shape index (κ3) is 7.28. The van der Waals surface area contributed by atoms with E-state index in [2.05, 4.69) is 24.9 Å². The van der Waals surface area contributed by atoms with Crippen molar-refractivity contribution in [1.29, 1.82) is 0 Å². The molecule has 0 radical (unpaired) electrons. The van der Waals surface area contributed by atoms with Crippen LogP contribution >= 0.6 is 12.4 Å². The van der Waals surface area contributed by atoms with Gasteiger partial charge in [-0.3, -0.25) is 4.57 Å². The summed E-state index contributed by atoms with van der Waals surface area (Å²) in [5.74, 6) is -0.163. The highest BCUT2D eigenvalue weighted by molar-refractivity contribution is 7.89. The third-order valence-corrected chi connectivity index (χ3v) is 8.22. The fraction of sp³-hybridized carbons (Fsp3) is 0.636. The Morgan fingerprint density at radius 3 is 2.56 bits per heavy atom. The lowest BCUT2D eigenvalue weighted by atomic mass is 9.86. The minimum absolute atomic E-state index is 0. The summed E-state index contributed by atoms with van der Waals surface area (Å²) in [7, 11) is 0.141. The van der Waals surface area contributed by atoms with Gasteiger partial charge in [-0.15, -0.1) is 12.4 Å². The fourth-order valence-corrected chi connectivity index (χ4v) is 5.74. The van der Waals surface area contributed by atoms with E-state index in [0.717, 1.165) is 25.7 Å². The summed E-state index contributed by atoms with van der Waals surface area (Å²) in [6.45, 7) is 0.465. The number of sulfonamides is 1. The smallest absolute Gasteiger partial charge is 0.327 e. The van der Waals surface area contributed by atoms with Crippen molar-refractivity contribution in [3.8, 4) is 0 Å². The topological polar surface area (TPSA) is 173 Å². The van der Waals surface area contributed by atoms with E-state index in [1.165, 1.54) is 17.9 Å². The molecular formula is C22H36ClN7O5S. The minimum Gasteiger partial charge on any atom is -0.480 e. The van der Waals surface area contributed by atoms with E-state index in [0.29, 0.717) is 42.7 Å². The molecule has 202 valence electrons. The number of carboxylic acid groups (broad SMARTS) is 1. The van der Waals surface area contributed by atoms with E-state index >= 15 is 0 Å². The van der Waals surface area contributed by atoms with Crippen molar-refractivity contribution in [3.05, 3.63) is 18.6 Å². The van der Waals surface area contributed by atoms with E-state index in [9.17, 15) is 23.1 Å². The van der Waals surface area contributed by atoms with E-state index in [1.54, 1.807) is 12.3 Å². The number of carboxylic acids is 1. The van der Waals surface area contributed by atoms with Crippen LogP contribution in [0.1, 0.15) is 44.9 Å². The average molecular weight is 546 g/mol. The molecule has 1 saturated carbocycles. The van der Waals surface area contributed by atoms with E-state index < -0.39 is 28.1 Å². The quantitative estimate of drug-likeness (QED) is 0.305. The zero-order chi connectivity index (χ0) is 25.6. The van der Waals surface area contributed by atoms with Crippen LogP contribution < -0.4 is 20.7 Å². The zero-order valence-corrected chi connectivity index (χ0v) is 22.2. The Balaban J connectivity index is 0.00000456. The number of aromatic nitrogens is 3. The molecule has 12 nitrogen and oxygen atoms in total. The van der Waals surface area contributed by atoms with Gasteiger partial charge in [-0.05, 0) is 70.5 Å². The highest BCUT2D eigenvalue weighted by atomic mass is 35.5. The number of hydrogen-bond acceptors (Lipinski definition) is 8. The molecule has 0 bridgehead atoms. The summed E-state index contributed by atoms with van der Waals surface area (Å²) >= 11 is 0. The number of hydrogen-bond donors (Lipinski definition) is 4. The lowest BCUT2D eigenvalue weighted by Crippen LogP contribution is -2.42. The number of amides is 1. The Bertz CT molecular complexity index is 1140. The Morgan fingerprint density at radius 2 is 1.94 bits per heavy atom. The van der Waals surface area contributed by atoms with Gasteiger partial charge in [0.25, 0.3) is 0 Å². The Kier molecular flexibility index (Phi) is 10.9. The van der Waals surface area contributed by atoms with Gasteiger partial charge < -0.3 is 21.1 Å². The number of carbonyl (C=O) groups excluding carboxylic acids is 1. The molecular weight excluding hydrogens is 510 g/mol. The van der Waals surface area contributed by atoms with Gasteiger partial charge in [0.1, 0.15) is 18.2 Å². The number of nitrogens with zero attached hydrogens (tertiary/aromatic N) is 4. The molecule has 1 aliphatic rings. The van der Waals surface area contributed by atoms with Gasteiger partial charge in [0.2, 0.25) is 10.0 Å². The maximum atomic E-state index is 12.9. The van der Waals surface area contributed by atoms with Gasteiger partial charge in [0, 0.05) is 19.3 Å². The number of anilines is 1. The van der Waals surface area contributed by atoms with Crippen LogP contribution in [0.2, 0.25) is 0 Å². The number of nitrogens with one attached hydrogen (secondary N) is 2. The first-order valence-electron chi connectivity index (χ1n) is 11.9. The monoisotopic (exact) mass is 545 g/mol. The maximum Gasteiger partial charge on any atom is 0.327 e. The van der Waals surface area contributed by atoms with Gasteiger partial charge in [-0.1, -0.05) is 0 Å². The van der Waals surface area contributed by atoms with Crippen molar-refractivity contribution >= 4 is 51.3 Å². The van der Waals surface area contributed by atoms with Crippen LogP contribution in [0.25, 0.3) is 11.0 Å². The molecule has 1 aliphatic carbocycles. The summed E-state index contributed by atoms with van der Waals surface area (Å²) in [6, 6.07) is 0.338. The molecule has 2 aromatic rings. The van der Waals surface area contributed by atoms with E-state index in [4.69, 9.17) is 5.73 Å². The van der Waals surface area contributed by atoms with Crippen molar-refractivity contribution in [2.45, 2.75) is 57.0 Å². The number of fused-ring (bicyclic) bond motifs is 1. The molecule has 1 atom stereocenters. The van der Waals surface area contributed by atoms with Crippen molar-refractivity contribution in [3.63, 3.8) is 0 Å². The molecule has 2 heterocycles. The predicted molar refractivity (Wildman–Crippen MR) is 140 cm³/mol. The second-order valence-electron chi connectivity index (χ2n) is 9.02. The van der Waals surface area contributed by atoms with Crippen molar-refractivity contribution in [1.82, 2.24) is 24.6 Å². The average Bonchev–Trinajstić information content (AvgIpc) is 3.27. The van der Waals surface area contributed by atoms with E-state index in [1.807, 2.05) is 7.05 Å². The first kappa shape index (κ1) is 29.7. The van der Waals surface area contributed by atoms with Gasteiger partial charge in [0.05, 0.1) is 11.1 Å². The van der Waals surface area contributed by atoms with Gasteiger partial charge in [-0.25, -0.2) is 32.7 Å². The normalized spacial score (nSPS) is 18.9. The van der Waals surface area contributed by atoms with E-state index in [-0.39, 0.29) is 30.1 Å². The van der Waals surface area contributed by atoms with Crippen LogP contribution in [-0.4, -0.2) is 78.5 Å². The molecule has 0 aliphatic heterocycles. The standard InChI is InChI=1S/C22H35N7O5S.ClH/c1-24-35(33,34)13-15-6-8-16(9-7-15)28(2)19-17-10-12-29(20(17)26-14-25-19)22(32)27-18(21(30)31)5-3-4-11-23;/h10,12,14-16,18,24H,3-9,11,13,23H2,1-2H3,(H,27,32)(H,30,31);1H/t15?,16?,18-;/m0./s1. The SMILES string of the molecule is CNS(=O)(=O)CC1CCC(N(C)c2ncnc3c2ccn3C(=O)N[C@@H](CCCCN)C(=O)O)CC1.Cl. The van der Waals surface area contributed by atoms with Crippen LogP contribution in [-0.2, 0) is 14.8 Å². The lowest BCUT2D eigenvalue weighted by molar-refractivity contribution is -0.139. The summed E-state index contributed by atoms with van der Waals surface area (Å²) < 4.78 is 27.4. The molecule has 0 saturated heterocycles. The van der Waals surface area contributed by atoms with Crippen LogP contribution in [0, 0.1) is 5.92 Å². The van der Waals surface area contributed by atoms with Crippen LogP contribution in [0.5, 0.6) is 0 Å². The van der Waals surface area contributed by atoms with Crippen LogP contribution in [0.4, 0.5) is 10.6 Å². The molecule has 36 heavy (non-hydrogen) atoms. The minimum atomic E-state index is -3.23. The summed E-state index contributed by atoms with van der Waals surface area (Å²) in [5.41, 5.74) is 5.87. The highest BCUT2D eigenvalue weighted by Crippen LogP contribution is 2.32. The Labute approximate surface area is 217 Å². The number of unbranched alkanes of at least 4 members (excludes halogenated alkanes) is 1. The molecule has 2 aromatic heterocycles. The molecule has 3 rings (SSSR count). The zero-order valence-electron chi connectivity index (χ0n) is 20.6. The number of rotatable bonds is 11. The van der Waals surface area contributed by atoms with Crippen LogP contribution in [0.3, 0.4) is 0 Å². The predicted octanol–water partition coefficient (Wildman–Crippen LogP) is 1.54. The van der Waals surface area contributed by atoms with Gasteiger partial charge in [0.15, 0.2) is 5.65 Å². The summed E-state index contributed by atoms with van der Waals surface area (Å²) in [4.78, 5) is 35.2. The van der Waals surface area contributed by atoms with Gasteiger partial charge in [-0.2, -0.15) is 0 Å². The third-order valence-electron chi connectivity index (χ3n) is 6.69. The summed E-state index contributed by atoms with van der Waals surface area (Å²) in [5, 5.41) is 12.7. The van der Waals surface area contributed by atoms with Crippen molar-refractivity contribution in [2.75, 3.05) is 31.3 Å². The second-order valence-corrected chi connectivity index (χ2v) is 11.0. The first-order chi connectivity index (χ1) is 16.7. The number of carbonyl (C=O) groups is 2. The Hall–Kier alpha value is -2.48. The second kappa shape index (κ2) is 13.2. The van der Waals surface area contributed by atoms with Crippen molar-refractivity contribution in [2.24, 2.45) is 11.7 Å². The molecule has 0 spiro atoms. The molecule has 0 unspecified atom stereocenters. The molecule has 0 aromatic carbocycles. The largest absolute Gasteiger partial charge is 0.480 e. The van der Waals surface area contributed by atoms with Crippen LogP contribution in [0.15, 0.2) is 18.6 Å². The van der Waals surface area contributed by atoms with Crippen molar-refractivity contribution < 1.29 is 23.1 Å². The fourth-order valence-electron chi connectivity index (χ4n) is 4.62. The number of nitrogens with two attached hydrogens (primary N) is 1. The first-order valence-corrected chi connectivity index (χ1v) is 13.5. The molecule has 1 amide bonds. The lowest BCUT2D eigenvalue weighted by Gasteiger charge is -2.35. The maximum absolute atomic E-state index is 12.9. The molecule has 1 fully saturated rings. The molecule has 5 N–H and O–H groups in total. The highest BCUT2D eigenvalue weighted by Gasteiger charge is 2.29. The summed E-state index contributed by atoms with van der Waals surface area (Å²) in [6.07, 6.45) is 7.78. The van der Waals surface area contributed by atoms with Gasteiger partial charge >= 0.3 is 12.0 Å². The molecule has 14 heteroatoms. The number of halogens is 1.